The molecule has 0 aromatic heterocycles. The summed E-state index contributed by atoms with van der Waals surface area (Å²) < 4.78 is 0. The van der Waals surface area contributed by atoms with Gasteiger partial charge in [-0.05, 0) is 36.5 Å². The molecular weight excluding hydrogens is 260 g/mol. The van der Waals surface area contributed by atoms with Gasteiger partial charge in [0.2, 0.25) is 0 Å². The Bertz CT molecular complexity index is 440. The van der Waals surface area contributed by atoms with Gasteiger partial charge >= 0.3 is 0 Å². The minimum Gasteiger partial charge on any atom is -0.392 e. The molecule has 2 aliphatic rings. The maximum atomic E-state index is 9.11. The molecule has 2 fully saturated rings. The molecule has 3 rings (SSSR count). The van der Waals surface area contributed by atoms with E-state index in [0.29, 0.717) is 0 Å². The highest BCUT2D eigenvalue weighted by atomic mass is 35.5. The van der Waals surface area contributed by atoms with E-state index in [1.54, 1.807) is 0 Å². The van der Waals surface area contributed by atoms with Crippen molar-refractivity contribution in [2.24, 2.45) is 5.92 Å². The van der Waals surface area contributed by atoms with E-state index in [2.05, 4.69) is 9.80 Å². The molecule has 1 aliphatic heterocycles. The molecule has 0 amide bonds. The van der Waals surface area contributed by atoms with Crippen molar-refractivity contribution in [1.82, 2.24) is 4.90 Å². The van der Waals surface area contributed by atoms with Crippen molar-refractivity contribution in [2.75, 3.05) is 37.6 Å². The van der Waals surface area contributed by atoms with Crippen LogP contribution < -0.4 is 4.90 Å². The lowest BCUT2D eigenvalue weighted by Crippen LogP contribution is -2.47. The number of rotatable bonds is 4. The van der Waals surface area contributed by atoms with Crippen LogP contribution in [0.5, 0.6) is 0 Å². The molecule has 0 unspecified atom stereocenters. The Morgan fingerprint density at radius 2 is 1.89 bits per heavy atom. The molecule has 0 radical (unpaired) electrons. The Morgan fingerprint density at radius 1 is 1.16 bits per heavy atom. The van der Waals surface area contributed by atoms with Crippen LogP contribution in [0.25, 0.3) is 0 Å². The first-order chi connectivity index (χ1) is 9.26. The molecule has 0 bridgehead atoms. The van der Waals surface area contributed by atoms with E-state index < -0.39 is 0 Å². The number of aliphatic hydroxyl groups is 1. The van der Waals surface area contributed by atoms with Crippen LogP contribution in [-0.4, -0.2) is 42.7 Å². The molecule has 0 spiro atoms. The molecule has 1 saturated carbocycles. The van der Waals surface area contributed by atoms with E-state index >= 15 is 0 Å². The van der Waals surface area contributed by atoms with E-state index in [0.717, 1.165) is 48.4 Å². The first-order valence-corrected chi connectivity index (χ1v) is 7.50. The van der Waals surface area contributed by atoms with Crippen molar-refractivity contribution < 1.29 is 5.11 Å². The Hall–Kier alpha value is -0.770. The quantitative estimate of drug-likeness (QED) is 0.917. The molecular formula is C15H21ClN2O. The van der Waals surface area contributed by atoms with Crippen LogP contribution in [0.3, 0.4) is 0 Å². The summed E-state index contributed by atoms with van der Waals surface area (Å²) in [5.41, 5.74) is 1.98. The van der Waals surface area contributed by atoms with E-state index in [4.69, 9.17) is 16.7 Å². The molecule has 3 nitrogen and oxygen atoms in total. The van der Waals surface area contributed by atoms with Gasteiger partial charge < -0.3 is 10.0 Å². The van der Waals surface area contributed by atoms with Crippen LogP contribution in [0.15, 0.2) is 18.2 Å². The SMILES string of the molecule is OCc1ccc(N2CCN(CC3CC3)CC2)c(Cl)c1. The summed E-state index contributed by atoms with van der Waals surface area (Å²) in [6.07, 6.45) is 2.85. The normalized spacial score (nSPS) is 20.8. The number of benzene rings is 1. The first kappa shape index (κ1) is 13.2. The van der Waals surface area contributed by atoms with Crippen molar-refractivity contribution in [2.45, 2.75) is 19.4 Å². The lowest BCUT2D eigenvalue weighted by Gasteiger charge is -2.36. The van der Waals surface area contributed by atoms with Crippen LogP contribution in [0.4, 0.5) is 5.69 Å². The number of aliphatic hydroxyl groups excluding tert-OH is 1. The minimum absolute atomic E-state index is 0.0508. The standard InChI is InChI=1S/C15H21ClN2O/c16-14-9-13(11-19)3-4-15(14)18-7-5-17(6-8-18)10-12-1-2-12/h3-4,9,12,19H,1-2,5-8,10-11H2. The Labute approximate surface area is 119 Å². The zero-order valence-corrected chi connectivity index (χ0v) is 11.9. The predicted molar refractivity (Wildman–Crippen MR) is 78.8 cm³/mol. The van der Waals surface area contributed by atoms with Crippen LogP contribution in [0.1, 0.15) is 18.4 Å². The Balaban J connectivity index is 1.60. The van der Waals surface area contributed by atoms with Crippen molar-refractivity contribution in [3.05, 3.63) is 28.8 Å². The summed E-state index contributed by atoms with van der Waals surface area (Å²) in [6.45, 7) is 5.69. The number of hydrogen-bond acceptors (Lipinski definition) is 3. The zero-order chi connectivity index (χ0) is 13.2. The minimum atomic E-state index is 0.0508. The first-order valence-electron chi connectivity index (χ1n) is 7.13. The third-order valence-corrected chi connectivity index (χ3v) is 4.42. The lowest BCUT2D eigenvalue weighted by atomic mass is 10.2. The predicted octanol–water partition coefficient (Wildman–Crippen LogP) is 2.36. The third-order valence-electron chi connectivity index (χ3n) is 4.12. The number of piperazine rings is 1. The number of hydrogen-bond donors (Lipinski definition) is 1. The second-order valence-corrected chi connectivity index (χ2v) is 6.08. The summed E-state index contributed by atoms with van der Waals surface area (Å²) in [4.78, 5) is 4.93. The molecule has 1 aromatic rings. The monoisotopic (exact) mass is 280 g/mol. The summed E-state index contributed by atoms with van der Waals surface area (Å²) in [7, 11) is 0. The van der Waals surface area contributed by atoms with E-state index in [-0.39, 0.29) is 6.61 Å². The number of halogens is 1. The summed E-state index contributed by atoms with van der Waals surface area (Å²) >= 11 is 6.31. The third kappa shape index (κ3) is 3.22. The zero-order valence-electron chi connectivity index (χ0n) is 11.2. The highest BCUT2D eigenvalue weighted by molar-refractivity contribution is 6.33. The highest BCUT2D eigenvalue weighted by Gasteiger charge is 2.26. The fourth-order valence-corrected chi connectivity index (χ4v) is 3.06. The summed E-state index contributed by atoms with van der Waals surface area (Å²) in [5.74, 6) is 0.971. The maximum absolute atomic E-state index is 9.11. The van der Waals surface area contributed by atoms with Crippen molar-refractivity contribution in [1.29, 1.82) is 0 Å². The Kier molecular flexibility index (Phi) is 3.96. The second kappa shape index (κ2) is 5.70. The second-order valence-electron chi connectivity index (χ2n) is 5.67. The molecule has 1 heterocycles. The van der Waals surface area contributed by atoms with Crippen LogP contribution >= 0.6 is 11.6 Å². The molecule has 104 valence electrons. The summed E-state index contributed by atoms with van der Waals surface area (Å²) in [6, 6.07) is 5.86. The molecule has 19 heavy (non-hydrogen) atoms. The van der Waals surface area contributed by atoms with Crippen molar-refractivity contribution in [3.8, 4) is 0 Å². The van der Waals surface area contributed by atoms with E-state index in [9.17, 15) is 0 Å². The van der Waals surface area contributed by atoms with Crippen LogP contribution in [0.2, 0.25) is 5.02 Å². The summed E-state index contributed by atoms with van der Waals surface area (Å²) in [5, 5.41) is 9.86. The maximum Gasteiger partial charge on any atom is 0.0682 e. The topological polar surface area (TPSA) is 26.7 Å². The molecule has 4 heteroatoms. The molecule has 1 aromatic carbocycles. The van der Waals surface area contributed by atoms with Gasteiger partial charge in [0.15, 0.2) is 0 Å². The Morgan fingerprint density at radius 3 is 2.47 bits per heavy atom. The van der Waals surface area contributed by atoms with Gasteiger partial charge in [0.25, 0.3) is 0 Å². The molecule has 1 aliphatic carbocycles. The van der Waals surface area contributed by atoms with Gasteiger partial charge in [-0.15, -0.1) is 0 Å². The van der Waals surface area contributed by atoms with Gasteiger partial charge in [0.05, 0.1) is 17.3 Å². The van der Waals surface area contributed by atoms with Crippen LogP contribution in [0, 0.1) is 5.92 Å². The van der Waals surface area contributed by atoms with Crippen molar-refractivity contribution in [3.63, 3.8) is 0 Å². The largest absolute Gasteiger partial charge is 0.392 e. The highest BCUT2D eigenvalue weighted by Crippen LogP contribution is 2.31. The van der Waals surface area contributed by atoms with Gasteiger partial charge in [0.1, 0.15) is 0 Å². The van der Waals surface area contributed by atoms with Gasteiger partial charge in [-0.25, -0.2) is 0 Å². The smallest absolute Gasteiger partial charge is 0.0682 e. The van der Waals surface area contributed by atoms with E-state index in [1.165, 1.54) is 19.4 Å². The average Bonchev–Trinajstić information content (AvgIpc) is 3.24. The van der Waals surface area contributed by atoms with Crippen LogP contribution in [-0.2, 0) is 6.61 Å². The van der Waals surface area contributed by atoms with Gasteiger partial charge in [-0.3, -0.25) is 4.90 Å². The number of anilines is 1. The van der Waals surface area contributed by atoms with E-state index in [1.807, 2.05) is 18.2 Å². The number of nitrogens with zero attached hydrogens (tertiary/aromatic N) is 2. The van der Waals surface area contributed by atoms with Gasteiger partial charge in [-0.1, -0.05) is 17.7 Å². The van der Waals surface area contributed by atoms with Gasteiger partial charge in [-0.2, -0.15) is 0 Å². The average molecular weight is 281 g/mol. The van der Waals surface area contributed by atoms with Crippen molar-refractivity contribution >= 4 is 17.3 Å². The van der Waals surface area contributed by atoms with Gasteiger partial charge in [0, 0.05) is 32.7 Å². The fraction of sp³-hybridized carbons (Fsp3) is 0.600. The lowest BCUT2D eigenvalue weighted by molar-refractivity contribution is 0.248. The fourth-order valence-electron chi connectivity index (χ4n) is 2.74. The molecule has 0 atom stereocenters. The molecule has 1 saturated heterocycles. The molecule has 1 N–H and O–H groups in total.